The van der Waals surface area contributed by atoms with Crippen LogP contribution in [0.25, 0.3) is 0 Å². The summed E-state index contributed by atoms with van der Waals surface area (Å²) < 4.78 is 16.5. The van der Waals surface area contributed by atoms with Crippen LogP contribution >= 0.6 is 0 Å². The second-order valence-corrected chi connectivity index (χ2v) is 9.52. The number of carbonyl (C=O) groups excluding carboxylic acids is 3. The SMILES string of the molecule is COc1ccc(C(C)(C)C)cc1NC(=O)CN1C(=O)NC(C)(c2ccc3c(c2)OCCO3)C1=O. The van der Waals surface area contributed by atoms with Crippen LogP contribution in [0.15, 0.2) is 36.4 Å². The van der Waals surface area contributed by atoms with E-state index in [1.807, 2.05) is 12.1 Å². The van der Waals surface area contributed by atoms with E-state index in [9.17, 15) is 14.4 Å². The fourth-order valence-corrected chi connectivity index (χ4v) is 4.00. The first kappa shape index (κ1) is 23.4. The van der Waals surface area contributed by atoms with Gasteiger partial charge in [-0.05, 0) is 47.7 Å². The summed E-state index contributed by atoms with van der Waals surface area (Å²) in [5, 5.41) is 5.49. The van der Waals surface area contributed by atoms with Crippen LogP contribution in [0.2, 0.25) is 0 Å². The van der Waals surface area contributed by atoms with Gasteiger partial charge >= 0.3 is 6.03 Å². The zero-order valence-corrected chi connectivity index (χ0v) is 20.0. The van der Waals surface area contributed by atoms with Crippen LogP contribution in [-0.4, -0.2) is 49.6 Å². The van der Waals surface area contributed by atoms with Gasteiger partial charge in [0.1, 0.15) is 31.0 Å². The molecule has 0 bridgehead atoms. The van der Waals surface area contributed by atoms with Crippen LogP contribution in [0.5, 0.6) is 17.2 Å². The van der Waals surface area contributed by atoms with E-state index in [1.54, 1.807) is 31.2 Å². The molecule has 180 valence electrons. The number of methoxy groups -OCH3 is 1. The second-order valence-electron chi connectivity index (χ2n) is 9.52. The van der Waals surface area contributed by atoms with Crippen molar-refractivity contribution in [2.45, 2.75) is 38.6 Å². The molecule has 2 aromatic rings. The molecule has 0 aliphatic carbocycles. The van der Waals surface area contributed by atoms with Gasteiger partial charge < -0.3 is 24.8 Å². The zero-order valence-electron chi connectivity index (χ0n) is 20.0. The number of nitrogens with zero attached hydrogens (tertiary/aromatic N) is 1. The van der Waals surface area contributed by atoms with Gasteiger partial charge in [0, 0.05) is 0 Å². The molecule has 0 aromatic heterocycles. The fraction of sp³-hybridized carbons (Fsp3) is 0.400. The first-order valence-corrected chi connectivity index (χ1v) is 11.1. The highest BCUT2D eigenvalue weighted by molar-refractivity contribution is 6.10. The minimum atomic E-state index is -1.34. The van der Waals surface area contributed by atoms with E-state index in [1.165, 1.54) is 7.11 Å². The number of benzene rings is 2. The maximum Gasteiger partial charge on any atom is 0.325 e. The molecule has 0 saturated carbocycles. The van der Waals surface area contributed by atoms with Gasteiger partial charge in [-0.1, -0.05) is 32.9 Å². The third-order valence-electron chi connectivity index (χ3n) is 6.04. The Morgan fingerprint density at radius 3 is 2.50 bits per heavy atom. The van der Waals surface area contributed by atoms with Crippen molar-refractivity contribution in [2.75, 3.05) is 32.2 Å². The number of ether oxygens (including phenoxy) is 3. The standard InChI is InChI=1S/C25H29N3O6/c1-24(2,3)15-6-8-18(32-5)17(12-15)26-21(29)14-28-22(30)25(4,27-23(28)31)16-7-9-19-20(13-16)34-11-10-33-19/h6-9,12-13H,10-11,14H2,1-5H3,(H,26,29)(H,27,31). The van der Waals surface area contributed by atoms with Crippen LogP contribution in [0.1, 0.15) is 38.8 Å². The lowest BCUT2D eigenvalue weighted by molar-refractivity contribution is -0.133. The van der Waals surface area contributed by atoms with E-state index < -0.39 is 29.9 Å². The van der Waals surface area contributed by atoms with Crippen molar-refractivity contribution >= 4 is 23.5 Å². The van der Waals surface area contributed by atoms with Crippen LogP contribution in [0, 0.1) is 0 Å². The molecule has 2 aliphatic rings. The lowest BCUT2D eigenvalue weighted by Gasteiger charge is -2.25. The summed E-state index contributed by atoms with van der Waals surface area (Å²) in [5.41, 5.74) is 0.544. The zero-order chi connectivity index (χ0) is 24.7. The van der Waals surface area contributed by atoms with E-state index in [2.05, 4.69) is 31.4 Å². The summed E-state index contributed by atoms with van der Waals surface area (Å²) in [4.78, 5) is 39.7. The number of nitrogens with one attached hydrogen (secondary N) is 2. The van der Waals surface area contributed by atoms with E-state index in [-0.39, 0.29) is 5.41 Å². The number of amides is 4. The van der Waals surface area contributed by atoms with Gasteiger partial charge in [0.2, 0.25) is 5.91 Å². The Balaban J connectivity index is 1.52. The quantitative estimate of drug-likeness (QED) is 0.655. The van der Waals surface area contributed by atoms with Crippen LogP contribution < -0.4 is 24.8 Å². The van der Waals surface area contributed by atoms with E-state index in [0.717, 1.165) is 10.5 Å². The smallest absolute Gasteiger partial charge is 0.325 e. The monoisotopic (exact) mass is 467 g/mol. The summed E-state index contributed by atoms with van der Waals surface area (Å²) in [6.07, 6.45) is 0. The Morgan fingerprint density at radius 2 is 1.82 bits per heavy atom. The molecule has 34 heavy (non-hydrogen) atoms. The van der Waals surface area contributed by atoms with Crippen molar-refractivity contribution < 1.29 is 28.6 Å². The topological polar surface area (TPSA) is 106 Å². The molecule has 2 N–H and O–H groups in total. The average molecular weight is 468 g/mol. The largest absolute Gasteiger partial charge is 0.495 e. The van der Waals surface area contributed by atoms with Crippen LogP contribution in [-0.2, 0) is 20.5 Å². The number of urea groups is 1. The minimum absolute atomic E-state index is 0.137. The number of hydrogen-bond acceptors (Lipinski definition) is 6. The number of anilines is 1. The van der Waals surface area contributed by atoms with Gasteiger partial charge in [0.05, 0.1) is 12.8 Å². The van der Waals surface area contributed by atoms with E-state index in [0.29, 0.717) is 41.7 Å². The number of fused-ring (bicyclic) bond motifs is 1. The van der Waals surface area contributed by atoms with Crippen molar-refractivity contribution in [3.63, 3.8) is 0 Å². The number of carbonyl (C=O) groups is 3. The molecule has 9 heteroatoms. The maximum atomic E-state index is 13.3. The molecule has 1 saturated heterocycles. The summed E-state index contributed by atoms with van der Waals surface area (Å²) in [6.45, 7) is 8.20. The van der Waals surface area contributed by atoms with Gasteiger partial charge in [-0.2, -0.15) is 0 Å². The number of imide groups is 1. The van der Waals surface area contributed by atoms with Crippen molar-refractivity contribution in [1.29, 1.82) is 0 Å². The first-order valence-electron chi connectivity index (χ1n) is 11.1. The minimum Gasteiger partial charge on any atom is -0.495 e. The maximum absolute atomic E-state index is 13.3. The van der Waals surface area contributed by atoms with Crippen LogP contribution in [0.3, 0.4) is 0 Å². The summed E-state index contributed by atoms with van der Waals surface area (Å²) in [7, 11) is 1.51. The predicted octanol–water partition coefficient (Wildman–Crippen LogP) is 3.17. The summed E-state index contributed by atoms with van der Waals surface area (Å²) in [6, 6.07) is 10.00. The van der Waals surface area contributed by atoms with Gasteiger partial charge in [0.15, 0.2) is 11.5 Å². The molecule has 2 aliphatic heterocycles. The Hall–Kier alpha value is -3.75. The molecule has 0 spiro atoms. The highest BCUT2D eigenvalue weighted by Crippen LogP contribution is 2.37. The Bertz CT molecular complexity index is 1160. The van der Waals surface area contributed by atoms with E-state index in [4.69, 9.17) is 14.2 Å². The highest BCUT2D eigenvalue weighted by atomic mass is 16.6. The molecule has 2 aromatic carbocycles. The molecule has 1 fully saturated rings. The van der Waals surface area contributed by atoms with Crippen molar-refractivity contribution in [2.24, 2.45) is 0 Å². The van der Waals surface area contributed by atoms with Crippen molar-refractivity contribution in [3.05, 3.63) is 47.5 Å². The molecule has 0 radical (unpaired) electrons. The molecule has 1 atom stereocenters. The normalized spacial score (nSPS) is 19.6. The number of rotatable bonds is 5. The number of hydrogen-bond donors (Lipinski definition) is 2. The Labute approximate surface area is 198 Å². The molecule has 2 heterocycles. The van der Waals surface area contributed by atoms with Crippen molar-refractivity contribution in [3.8, 4) is 17.2 Å². The molecular formula is C25H29N3O6. The van der Waals surface area contributed by atoms with Gasteiger partial charge in [0.25, 0.3) is 5.91 Å². The third kappa shape index (κ3) is 4.25. The lowest BCUT2D eigenvalue weighted by Crippen LogP contribution is -2.42. The van der Waals surface area contributed by atoms with Crippen molar-refractivity contribution in [1.82, 2.24) is 10.2 Å². The average Bonchev–Trinajstić information content (AvgIpc) is 3.02. The lowest BCUT2D eigenvalue weighted by atomic mass is 9.87. The molecule has 4 amide bonds. The molecular weight excluding hydrogens is 438 g/mol. The van der Waals surface area contributed by atoms with E-state index >= 15 is 0 Å². The summed E-state index contributed by atoms with van der Waals surface area (Å²) >= 11 is 0. The molecule has 1 unspecified atom stereocenters. The third-order valence-corrected chi connectivity index (χ3v) is 6.04. The second kappa shape index (κ2) is 8.55. The molecule has 9 nitrogen and oxygen atoms in total. The first-order chi connectivity index (χ1) is 16.0. The van der Waals surface area contributed by atoms with Gasteiger partial charge in [-0.25, -0.2) is 4.79 Å². The fourth-order valence-electron chi connectivity index (χ4n) is 4.00. The summed E-state index contributed by atoms with van der Waals surface area (Å²) in [5.74, 6) is 0.533. The van der Waals surface area contributed by atoms with Crippen LogP contribution in [0.4, 0.5) is 10.5 Å². The molecule has 4 rings (SSSR count). The Kier molecular flexibility index (Phi) is 5.89. The highest BCUT2D eigenvalue weighted by Gasteiger charge is 2.49. The Morgan fingerprint density at radius 1 is 1.12 bits per heavy atom. The van der Waals surface area contributed by atoms with Gasteiger partial charge in [-0.3, -0.25) is 14.5 Å². The predicted molar refractivity (Wildman–Crippen MR) is 125 cm³/mol. The van der Waals surface area contributed by atoms with Gasteiger partial charge in [-0.15, -0.1) is 0 Å².